The van der Waals surface area contributed by atoms with Crippen molar-refractivity contribution in [3.8, 4) is 0 Å². The summed E-state index contributed by atoms with van der Waals surface area (Å²) in [6.07, 6.45) is 0.423. The first-order valence-corrected chi connectivity index (χ1v) is 9.66. The van der Waals surface area contributed by atoms with Crippen molar-refractivity contribution < 1.29 is 17.9 Å². The summed E-state index contributed by atoms with van der Waals surface area (Å²) in [4.78, 5) is 14.9. The molecule has 0 bridgehead atoms. The van der Waals surface area contributed by atoms with Crippen LogP contribution in [-0.2, 0) is 14.8 Å². The monoisotopic (exact) mass is 374 g/mol. The number of methoxy groups -OCH3 is 1. The number of hydrazone groups is 1. The van der Waals surface area contributed by atoms with Crippen LogP contribution in [-0.4, -0.2) is 27.2 Å². The molecule has 0 aromatic heterocycles. The molecule has 0 fully saturated rings. The zero-order valence-corrected chi connectivity index (χ0v) is 15.8. The van der Waals surface area contributed by atoms with Crippen LogP contribution in [0, 0.1) is 12.8 Å². The highest BCUT2D eigenvalue weighted by Gasteiger charge is 2.26. The molecule has 2 rings (SSSR count). The van der Waals surface area contributed by atoms with E-state index in [4.69, 9.17) is 4.74 Å². The van der Waals surface area contributed by atoms with Gasteiger partial charge in [0.05, 0.1) is 17.9 Å². The smallest absolute Gasteiger partial charge is 0.276 e. The Hall–Kier alpha value is -2.67. The molecular formula is C19H22N2O4S. The molecule has 0 spiro atoms. The highest BCUT2D eigenvalue weighted by atomic mass is 32.2. The first kappa shape index (κ1) is 19.7. The lowest BCUT2D eigenvalue weighted by atomic mass is 9.95. The summed E-state index contributed by atoms with van der Waals surface area (Å²) < 4.78 is 29.9. The van der Waals surface area contributed by atoms with Crippen molar-refractivity contribution >= 4 is 21.7 Å². The molecular weight excluding hydrogens is 352 g/mol. The third-order valence-electron chi connectivity index (χ3n) is 3.90. The van der Waals surface area contributed by atoms with Crippen molar-refractivity contribution in [1.29, 1.82) is 0 Å². The van der Waals surface area contributed by atoms with Crippen molar-refractivity contribution in [2.45, 2.75) is 25.2 Å². The summed E-state index contributed by atoms with van der Waals surface area (Å²) in [5.41, 5.74) is 1.47. The predicted octanol–water partition coefficient (Wildman–Crippen LogP) is 3.14. The number of sulfonamides is 1. The van der Waals surface area contributed by atoms with E-state index in [-0.39, 0.29) is 16.6 Å². The Morgan fingerprint density at radius 1 is 1.12 bits per heavy atom. The second-order valence-corrected chi connectivity index (χ2v) is 7.41. The number of rotatable bonds is 7. The van der Waals surface area contributed by atoms with Gasteiger partial charge >= 0.3 is 0 Å². The Balaban J connectivity index is 2.25. The average Bonchev–Trinajstić information content (AvgIpc) is 2.65. The Labute approximate surface area is 153 Å². The number of ketones is 1. The van der Waals surface area contributed by atoms with Gasteiger partial charge in [-0.2, -0.15) is 13.2 Å². The number of nitrogens with one attached hydrogen (secondary N) is 1. The second-order valence-electron chi connectivity index (χ2n) is 5.75. The van der Waals surface area contributed by atoms with Crippen LogP contribution in [0.2, 0.25) is 0 Å². The molecule has 1 unspecified atom stereocenters. The number of ether oxygens (including phenoxy) is 1. The molecule has 6 nitrogen and oxygen atoms in total. The number of hydrogen-bond acceptors (Lipinski definition) is 5. The van der Waals surface area contributed by atoms with Crippen LogP contribution in [0.3, 0.4) is 0 Å². The molecule has 0 aliphatic rings. The molecule has 2 aromatic carbocycles. The Bertz CT molecular complexity index is 876. The lowest BCUT2D eigenvalue weighted by molar-refractivity contribution is 0.0940. The van der Waals surface area contributed by atoms with E-state index in [2.05, 4.69) is 9.93 Å². The largest absolute Gasteiger partial charge is 0.482 e. The van der Waals surface area contributed by atoms with E-state index in [0.717, 1.165) is 5.56 Å². The fourth-order valence-electron chi connectivity index (χ4n) is 2.42. The summed E-state index contributed by atoms with van der Waals surface area (Å²) in [5.74, 6) is -0.830. The lowest BCUT2D eigenvalue weighted by Crippen LogP contribution is -2.29. The molecule has 138 valence electrons. The molecule has 1 atom stereocenters. The highest BCUT2D eigenvalue weighted by molar-refractivity contribution is 7.89. The minimum Gasteiger partial charge on any atom is -0.482 e. The lowest BCUT2D eigenvalue weighted by Gasteiger charge is -2.15. The SMILES string of the molecule is CCC(C(=O)c1ccccc1)C(=NNS(=O)(=O)c1ccc(C)cc1)OC. The Kier molecular flexibility index (Phi) is 6.52. The number of carbonyl (C=O) groups is 1. The first-order chi connectivity index (χ1) is 12.4. The van der Waals surface area contributed by atoms with Crippen LogP contribution < -0.4 is 4.83 Å². The van der Waals surface area contributed by atoms with E-state index in [1.807, 2.05) is 19.9 Å². The Morgan fingerprint density at radius 2 is 1.73 bits per heavy atom. The molecule has 0 amide bonds. The Morgan fingerprint density at radius 3 is 2.27 bits per heavy atom. The van der Waals surface area contributed by atoms with E-state index >= 15 is 0 Å². The van der Waals surface area contributed by atoms with E-state index in [0.29, 0.717) is 12.0 Å². The summed E-state index contributed by atoms with van der Waals surface area (Å²) in [6.45, 7) is 3.68. The third-order valence-corrected chi connectivity index (χ3v) is 5.12. The molecule has 2 aromatic rings. The molecule has 0 heterocycles. The number of benzene rings is 2. The van der Waals surface area contributed by atoms with Crippen LogP contribution in [0.1, 0.15) is 29.3 Å². The van der Waals surface area contributed by atoms with Crippen molar-refractivity contribution in [1.82, 2.24) is 4.83 Å². The standard InChI is InChI=1S/C19H22N2O4S/c1-4-17(18(22)15-8-6-5-7-9-15)19(25-3)20-21-26(23,24)16-12-10-14(2)11-13-16/h5-13,17,21H,4H2,1-3H3. The molecule has 0 saturated heterocycles. The van der Waals surface area contributed by atoms with Gasteiger partial charge in [-0.3, -0.25) is 4.79 Å². The quantitative estimate of drug-likeness (QED) is 0.349. The van der Waals surface area contributed by atoms with E-state index < -0.39 is 15.9 Å². The summed E-state index contributed by atoms with van der Waals surface area (Å²) >= 11 is 0. The maximum absolute atomic E-state index is 12.7. The molecule has 0 saturated carbocycles. The maximum Gasteiger partial charge on any atom is 0.276 e. The first-order valence-electron chi connectivity index (χ1n) is 8.18. The minimum absolute atomic E-state index is 0.0250. The number of nitrogens with zero attached hydrogens (tertiary/aromatic N) is 1. The van der Waals surface area contributed by atoms with Gasteiger partial charge in [0.25, 0.3) is 10.0 Å². The van der Waals surface area contributed by atoms with Gasteiger partial charge in [-0.25, -0.2) is 0 Å². The van der Waals surface area contributed by atoms with Gasteiger partial charge in [-0.05, 0) is 25.5 Å². The van der Waals surface area contributed by atoms with Gasteiger partial charge in [-0.15, -0.1) is 5.10 Å². The minimum atomic E-state index is -3.84. The fraction of sp³-hybridized carbons (Fsp3) is 0.263. The third kappa shape index (κ3) is 4.70. The number of carbonyl (C=O) groups excluding carboxylic acids is 1. The normalized spacial score (nSPS) is 13.1. The van der Waals surface area contributed by atoms with Crippen molar-refractivity contribution in [2.75, 3.05) is 7.11 Å². The van der Waals surface area contributed by atoms with Crippen LogP contribution in [0.15, 0.2) is 64.6 Å². The average molecular weight is 374 g/mol. The van der Waals surface area contributed by atoms with Crippen molar-refractivity contribution in [3.63, 3.8) is 0 Å². The van der Waals surface area contributed by atoms with Crippen LogP contribution in [0.25, 0.3) is 0 Å². The zero-order chi connectivity index (χ0) is 19.2. The summed E-state index contributed by atoms with van der Waals surface area (Å²) in [6, 6.07) is 15.1. The van der Waals surface area contributed by atoms with Gasteiger partial charge < -0.3 is 4.74 Å². The van der Waals surface area contributed by atoms with Crippen LogP contribution >= 0.6 is 0 Å². The van der Waals surface area contributed by atoms with Gasteiger partial charge in [0.1, 0.15) is 0 Å². The fourth-order valence-corrected chi connectivity index (χ4v) is 3.23. The van der Waals surface area contributed by atoms with Gasteiger partial charge in [0.15, 0.2) is 5.78 Å². The van der Waals surface area contributed by atoms with Crippen LogP contribution in [0.4, 0.5) is 0 Å². The molecule has 1 N–H and O–H groups in total. The zero-order valence-electron chi connectivity index (χ0n) is 15.0. The van der Waals surface area contributed by atoms with Crippen molar-refractivity contribution in [3.05, 3.63) is 65.7 Å². The molecule has 7 heteroatoms. The summed E-state index contributed by atoms with van der Waals surface area (Å²) in [5, 5.41) is 3.87. The van der Waals surface area contributed by atoms with E-state index in [9.17, 15) is 13.2 Å². The van der Waals surface area contributed by atoms with E-state index in [1.54, 1.807) is 36.4 Å². The molecule has 0 aliphatic carbocycles. The number of Topliss-reactive ketones (excluding diaryl/α,β-unsaturated/α-hetero) is 1. The number of hydrogen-bond donors (Lipinski definition) is 1. The van der Waals surface area contributed by atoms with Crippen LogP contribution in [0.5, 0.6) is 0 Å². The van der Waals surface area contributed by atoms with Gasteiger partial charge in [0, 0.05) is 5.56 Å². The van der Waals surface area contributed by atoms with Gasteiger partial charge in [-0.1, -0.05) is 55.0 Å². The number of aryl methyl sites for hydroxylation is 1. The summed E-state index contributed by atoms with van der Waals surface area (Å²) in [7, 11) is -2.48. The molecule has 0 aliphatic heterocycles. The molecule has 26 heavy (non-hydrogen) atoms. The predicted molar refractivity (Wildman–Crippen MR) is 100 cm³/mol. The van der Waals surface area contributed by atoms with Gasteiger partial charge in [0.2, 0.25) is 5.90 Å². The van der Waals surface area contributed by atoms with E-state index in [1.165, 1.54) is 19.2 Å². The highest BCUT2D eigenvalue weighted by Crippen LogP contribution is 2.16. The molecule has 0 radical (unpaired) electrons. The second kappa shape index (κ2) is 8.62. The topological polar surface area (TPSA) is 84.8 Å². The maximum atomic E-state index is 12.7. The van der Waals surface area contributed by atoms with Crippen molar-refractivity contribution in [2.24, 2.45) is 11.0 Å².